The molecule has 0 saturated heterocycles. The molecule has 11 heterocycles. The van der Waals surface area contributed by atoms with Crippen molar-refractivity contribution in [1.29, 1.82) is 0 Å². The summed E-state index contributed by atoms with van der Waals surface area (Å²) in [5.74, 6) is 16.4. The van der Waals surface area contributed by atoms with E-state index in [1.54, 1.807) is 22.7 Å². The zero-order valence-corrected chi connectivity index (χ0v) is 82.8. The molecule has 0 fully saturated rings. The number of ether oxygens (including phenoxy) is 1. The van der Waals surface area contributed by atoms with Crippen LogP contribution in [-0.2, 0) is 25.7 Å². The van der Waals surface area contributed by atoms with Crippen LogP contribution in [0.25, 0.3) is 85.4 Å². The number of nitrogens with zero attached hydrogens (tertiary/aromatic N) is 2. The minimum atomic E-state index is 0.283. The van der Waals surface area contributed by atoms with E-state index in [4.69, 9.17) is 14.7 Å². The van der Waals surface area contributed by atoms with Gasteiger partial charge in [-0.15, -0.1) is 56.7 Å². The molecule has 668 valence electrons. The first-order valence-corrected chi connectivity index (χ1v) is 54.9. The molecule has 11 rings (SSSR count). The molecule has 0 amide bonds. The van der Waals surface area contributed by atoms with Gasteiger partial charge in [0.15, 0.2) is 11.3 Å². The summed E-state index contributed by atoms with van der Waals surface area (Å²) >= 11 is 11.0. The van der Waals surface area contributed by atoms with Gasteiger partial charge in [0.05, 0.1) is 71.6 Å². The number of rotatable bonds is 60. The number of aromatic amines is 2. The average Bonchev–Trinajstić information content (AvgIpc) is 1.63. The monoisotopic (exact) mass is 1780 g/mol. The summed E-state index contributed by atoms with van der Waals surface area (Å²) in [5, 5.41) is 0.997. The summed E-state index contributed by atoms with van der Waals surface area (Å²) in [5.41, 5.74) is 18.2. The largest absolute Gasteiger partial charge is 0.487 e. The Hall–Kier alpha value is -6.61. The van der Waals surface area contributed by atoms with Gasteiger partial charge in [0, 0.05) is 56.3 Å². The van der Waals surface area contributed by atoms with Crippen molar-refractivity contribution in [2.24, 2.45) is 0 Å². The molecule has 2 aliphatic heterocycles. The summed E-state index contributed by atoms with van der Waals surface area (Å²) in [4.78, 5) is 46.4. The Morgan fingerprint density at radius 1 is 0.315 bits per heavy atom. The minimum Gasteiger partial charge on any atom is -0.487 e. The number of hydrogen-bond donors (Lipinski definition) is 2. The van der Waals surface area contributed by atoms with E-state index in [0.717, 1.165) is 153 Å². The van der Waals surface area contributed by atoms with Crippen LogP contribution in [-0.4, -0.2) is 33.3 Å². The van der Waals surface area contributed by atoms with Crippen molar-refractivity contribution in [2.45, 2.75) is 401 Å². The van der Waals surface area contributed by atoms with Crippen LogP contribution in [0.5, 0.6) is 5.06 Å². The maximum Gasteiger partial charge on any atom is 0.174 e. The minimum absolute atomic E-state index is 0.283. The molecule has 0 saturated carbocycles. The Morgan fingerprint density at radius 3 is 0.968 bits per heavy atom. The Kier molecular flexibility index (Phi) is 43.7. The van der Waals surface area contributed by atoms with Crippen LogP contribution in [0.2, 0.25) is 0 Å². The van der Waals surface area contributed by atoms with Crippen molar-refractivity contribution in [3.05, 3.63) is 155 Å². The highest BCUT2D eigenvalue weighted by molar-refractivity contribution is 7.28. The van der Waals surface area contributed by atoms with E-state index in [2.05, 4.69) is 186 Å². The first-order chi connectivity index (χ1) is 61.1. The van der Waals surface area contributed by atoms with Crippen LogP contribution >= 0.6 is 68.0 Å². The molecular weight excluding hydrogens is 1630 g/mol. The van der Waals surface area contributed by atoms with Crippen molar-refractivity contribution < 1.29 is 9.53 Å². The fraction of sp³-hybridized carbons (Fsp3) is 0.562. The summed E-state index contributed by atoms with van der Waals surface area (Å²) in [7, 11) is 1.82. The highest BCUT2D eigenvalue weighted by atomic mass is 32.1. The van der Waals surface area contributed by atoms with Crippen LogP contribution in [0, 0.1) is 23.7 Å². The molecule has 0 aromatic carbocycles. The third kappa shape index (κ3) is 29.7. The van der Waals surface area contributed by atoms with E-state index in [1.165, 1.54) is 336 Å². The maximum absolute atomic E-state index is 12.4. The molecule has 9 aromatic rings. The van der Waals surface area contributed by atoms with Crippen LogP contribution in [0.3, 0.4) is 0 Å². The highest BCUT2D eigenvalue weighted by Crippen LogP contribution is 2.48. The Bertz CT molecular complexity index is 4900. The van der Waals surface area contributed by atoms with Crippen molar-refractivity contribution in [3.63, 3.8) is 0 Å². The molecule has 124 heavy (non-hydrogen) atoms. The standard InChI is InChI=1S/C112H152N4O2S6/c1-10-18-26-34-38-40-44-52-56-83(54-50-42-36-28-20-12-3)107-98-70-66-94(113-98)92(64-62-89-78-85(58-46-30-22-14-5)109(119-89)102-74-75-104(122-102)111-87(60-48-32-24-16-7)80-91(82-117)121-111)95-67-71-99(114-95)108(84(55-51-43-37-29-21-13-4)57-53-45-41-39-35-27-19-11-2)101-73-69-97(116-101)93(96-68-72-100(107)115-96)65-63-90-79-86(59-47-31-23-15-6)110(120-90)103-76-77-105(123-103)112-88(61-49-33-25-17-8)81-106(118-9)124-112/h66-84,113-114H,10-61H2,1-9H3. The van der Waals surface area contributed by atoms with E-state index in [0.29, 0.717) is 0 Å². The fourth-order valence-corrected chi connectivity index (χ4v) is 25.4. The first kappa shape index (κ1) is 98.0. The number of unbranched alkanes of at least 4 members (excludes halogenated alkanes) is 36. The second-order valence-corrected chi connectivity index (χ2v) is 42.2. The number of thiophene rings is 6. The number of carbonyl (C=O) groups is 1. The van der Waals surface area contributed by atoms with Crippen LogP contribution in [0.1, 0.15) is 462 Å². The summed E-state index contributed by atoms with van der Waals surface area (Å²) in [6.45, 7) is 18.5. The molecule has 2 N–H and O–H groups in total. The SMILES string of the molecule is CCCCCCCCCCC(CCCCCCCC)c1c2nc(c(C#Cc3cc(CCCCCC)c(-c4ccc(-c5sc(OC)cc5CCCCCC)s4)s3)c3nc(c(C(CCCCCCCC)CCCCCCCCCC)c4ccc([nH]4)c(C#Cc4cc(CCCCCC)c(-c5ccc(-c6sc(C=O)cc6CCCCCC)s5)s4)c4ccc1[nH]4)C=C3)C=C2. The molecule has 2 unspecified atom stereocenters. The number of aromatic nitrogens is 4. The van der Waals surface area contributed by atoms with Gasteiger partial charge in [-0.25, -0.2) is 9.97 Å². The van der Waals surface area contributed by atoms with Crippen LogP contribution < -0.4 is 4.74 Å². The molecule has 0 spiro atoms. The van der Waals surface area contributed by atoms with E-state index >= 15 is 0 Å². The molecule has 2 aliphatic rings. The molecule has 0 aliphatic carbocycles. The van der Waals surface area contributed by atoms with Gasteiger partial charge in [0.1, 0.15) is 0 Å². The normalized spacial score (nSPS) is 12.4. The molecule has 6 nitrogen and oxygen atoms in total. The number of H-pyrrole nitrogens is 2. The van der Waals surface area contributed by atoms with E-state index in [1.807, 2.05) is 52.5 Å². The van der Waals surface area contributed by atoms with Crippen LogP contribution in [0.15, 0.2) is 72.8 Å². The van der Waals surface area contributed by atoms with Crippen LogP contribution in [0.4, 0.5) is 0 Å². The smallest absolute Gasteiger partial charge is 0.174 e. The van der Waals surface area contributed by atoms with Crippen molar-refractivity contribution >= 4 is 121 Å². The lowest BCUT2D eigenvalue weighted by Gasteiger charge is -2.19. The lowest BCUT2D eigenvalue weighted by Crippen LogP contribution is -2.04. The molecule has 2 atom stereocenters. The van der Waals surface area contributed by atoms with E-state index < -0.39 is 0 Å². The Balaban J connectivity index is 1.12. The Morgan fingerprint density at radius 2 is 0.613 bits per heavy atom. The number of carbonyl (C=O) groups excluding carboxylic acids is 1. The highest BCUT2D eigenvalue weighted by Gasteiger charge is 2.26. The topological polar surface area (TPSA) is 83.7 Å². The predicted octanol–water partition coefficient (Wildman–Crippen LogP) is 37.5. The summed E-state index contributed by atoms with van der Waals surface area (Å²) in [6, 6.07) is 28.3. The van der Waals surface area contributed by atoms with Crippen molar-refractivity contribution in [2.75, 3.05) is 7.11 Å². The van der Waals surface area contributed by atoms with Gasteiger partial charge in [-0.05, 0) is 208 Å². The first-order valence-electron chi connectivity index (χ1n) is 50.0. The summed E-state index contributed by atoms with van der Waals surface area (Å²) < 4.78 is 5.93. The number of fused-ring (bicyclic) bond motifs is 8. The van der Waals surface area contributed by atoms with Gasteiger partial charge >= 0.3 is 0 Å². The van der Waals surface area contributed by atoms with Gasteiger partial charge in [0.25, 0.3) is 0 Å². The predicted molar refractivity (Wildman–Crippen MR) is 552 cm³/mol. The zero-order valence-electron chi connectivity index (χ0n) is 77.9. The fourth-order valence-electron chi connectivity index (χ4n) is 18.6. The third-order valence-electron chi connectivity index (χ3n) is 25.8. The molecule has 12 heteroatoms. The van der Waals surface area contributed by atoms with Gasteiger partial charge in [0.2, 0.25) is 0 Å². The average molecular weight is 1780 g/mol. The van der Waals surface area contributed by atoms with Crippen molar-refractivity contribution in [3.8, 4) is 67.8 Å². The number of nitrogens with one attached hydrogen (secondary N) is 2. The third-order valence-corrected chi connectivity index (χ3v) is 33.1. The van der Waals surface area contributed by atoms with Gasteiger partial charge < -0.3 is 14.7 Å². The molecule has 0 radical (unpaired) electrons. The van der Waals surface area contributed by atoms with Gasteiger partial charge in [-0.1, -0.05) is 347 Å². The number of aldehydes is 1. The number of methoxy groups -OCH3 is 1. The van der Waals surface area contributed by atoms with Gasteiger partial charge in [-0.2, -0.15) is 0 Å². The lowest BCUT2D eigenvalue weighted by molar-refractivity contribution is 0.112. The number of hydrogen-bond acceptors (Lipinski definition) is 10. The number of aryl methyl sites for hydroxylation is 4. The van der Waals surface area contributed by atoms with Gasteiger partial charge in [-0.3, -0.25) is 4.79 Å². The molecular formula is C112H152N4O2S6. The second-order valence-electron chi connectivity index (χ2n) is 35.9. The molecule has 8 bridgehead atoms. The quantitative estimate of drug-likeness (QED) is 0.0226. The maximum atomic E-state index is 12.4. The summed E-state index contributed by atoms with van der Waals surface area (Å²) in [6.07, 6.45) is 74.2. The van der Waals surface area contributed by atoms with Crippen molar-refractivity contribution in [1.82, 2.24) is 19.9 Å². The molecule has 9 aromatic heterocycles. The second kappa shape index (κ2) is 55.3. The zero-order chi connectivity index (χ0) is 86.7. The van der Waals surface area contributed by atoms with E-state index in [-0.39, 0.29) is 11.8 Å². The van der Waals surface area contributed by atoms with E-state index in [9.17, 15) is 4.79 Å². The Labute approximate surface area is 774 Å². The lowest BCUT2D eigenvalue weighted by atomic mass is 9.87.